The Bertz CT molecular complexity index is 906. The predicted octanol–water partition coefficient (Wildman–Crippen LogP) is 4.22. The Balaban J connectivity index is 1.26. The van der Waals surface area contributed by atoms with Gasteiger partial charge < -0.3 is 14.5 Å². The van der Waals surface area contributed by atoms with Gasteiger partial charge in [0.05, 0.1) is 10.0 Å². The SMILES string of the molecule is CC(Oc1ccc(Cl)c(Cl)c1)C(=O)N1CCCC(CN2CCN(c3ccccn3)CC2)C1. The van der Waals surface area contributed by atoms with E-state index < -0.39 is 6.10 Å². The summed E-state index contributed by atoms with van der Waals surface area (Å²) < 4.78 is 5.85. The largest absolute Gasteiger partial charge is 0.481 e. The van der Waals surface area contributed by atoms with E-state index in [9.17, 15) is 4.79 Å². The van der Waals surface area contributed by atoms with Gasteiger partial charge >= 0.3 is 0 Å². The molecule has 1 aromatic heterocycles. The van der Waals surface area contributed by atoms with Crippen LogP contribution in [0.3, 0.4) is 0 Å². The quantitative estimate of drug-likeness (QED) is 0.624. The van der Waals surface area contributed by atoms with Crippen LogP contribution in [0.5, 0.6) is 5.75 Å². The number of aromatic nitrogens is 1. The number of carbonyl (C=O) groups excluding carboxylic acids is 1. The molecule has 2 aliphatic heterocycles. The number of carbonyl (C=O) groups is 1. The number of rotatable bonds is 6. The number of anilines is 1. The van der Waals surface area contributed by atoms with E-state index in [1.54, 1.807) is 25.1 Å². The number of nitrogens with zero attached hydrogens (tertiary/aromatic N) is 4. The Morgan fingerprint density at radius 3 is 2.66 bits per heavy atom. The normalized spacial score (nSPS) is 20.8. The number of pyridine rings is 1. The van der Waals surface area contributed by atoms with Gasteiger partial charge in [0.25, 0.3) is 5.91 Å². The second kappa shape index (κ2) is 10.7. The van der Waals surface area contributed by atoms with Crippen molar-refractivity contribution < 1.29 is 9.53 Å². The molecule has 2 aromatic rings. The van der Waals surface area contributed by atoms with Crippen molar-refractivity contribution in [3.8, 4) is 5.75 Å². The van der Waals surface area contributed by atoms with E-state index in [0.717, 1.165) is 64.5 Å². The molecule has 2 unspecified atom stereocenters. The molecule has 0 radical (unpaired) electrons. The highest BCUT2D eigenvalue weighted by atomic mass is 35.5. The van der Waals surface area contributed by atoms with E-state index in [-0.39, 0.29) is 5.91 Å². The summed E-state index contributed by atoms with van der Waals surface area (Å²) in [4.78, 5) is 24.3. The molecule has 0 saturated carbocycles. The highest BCUT2D eigenvalue weighted by molar-refractivity contribution is 6.42. The molecule has 6 nitrogen and oxygen atoms in total. The lowest BCUT2D eigenvalue weighted by molar-refractivity contribution is -0.140. The fraction of sp³-hybridized carbons (Fsp3) is 0.500. The average Bonchev–Trinajstić information content (AvgIpc) is 2.82. The number of amides is 1. The summed E-state index contributed by atoms with van der Waals surface area (Å²) >= 11 is 12.0. The van der Waals surface area contributed by atoms with Gasteiger partial charge in [-0.05, 0) is 49.9 Å². The first-order valence-electron chi connectivity index (χ1n) is 11.3. The number of ether oxygens (including phenoxy) is 1. The molecule has 1 amide bonds. The fourth-order valence-corrected chi connectivity index (χ4v) is 4.83. The lowest BCUT2D eigenvalue weighted by Crippen LogP contribution is -2.51. The molecule has 2 aliphatic rings. The molecule has 2 atom stereocenters. The van der Waals surface area contributed by atoms with Crippen molar-refractivity contribution in [3.05, 3.63) is 52.6 Å². The molecule has 0 bridgehead atoms. The summed E-state index contributed by atoms with van der Waals surface area (Å²) in [6.45, 7) is 8.43. The van der Waals surface area contributed by atoms with Crippen LogP contribution in [0.1, 0.15) is 19.8 Å². The average molecular weight is 477 g/mol. The van der Waals surface area contributed by atoms with Crippen molar-refractivity contribution in [2.75, 3.05) is 50.7 Å². The first-order chi connectivity index (χ1) is 15.5. The summed E-state index contributed by atoms with van der Waals surface area (Å²) in [6, 6.07) is 11.1. The maximum absolute atomic E-state index is 13.0. The third-order valence-electron chi connectivity index (χ3n) is 6.24. The topological polar surface area (TPSA) is 48.9 Å². The lowest BCUT2D eigenvalue weighted by Gasteiger charge is -2.40. The van der Waals surface area contributed by atoms with Gasteiger partial charge in [-0.15, -0.1) is 0 Å². The van der Waals surface area contributed by atoms with Gasteiger partial charge in [0, 0.05) is 58.1 Å². The molecule has 2 fully saturated rings. The second-order valence-electron chi connectivity index (χ2n) is 8.60. The van der Waals surface area contributed by atoms with E-state index in [1.807, 2.05) is 23.2 Å². The van der Waals surface area contributed by atoms with Gasteiger partial charge in [-0.1, -0.05) is 29.3 Å². The zero-order chi connectivity index (χ0) is 22.5. The van der Waals surface area contributed by atoms with E-state index in [0.29, 0.717) is 21.7 Å². The van der Waals surface area contributed by atoms with E-state index in [1.165, 1.54) is 0 Å². The van der Waals surface area contributed by atoms with E-state index >= 15 is 0 Å². The molecule has 0 N–H and O–H groups in total. The zero-order valence-electron chi connectivity index (χ0n) is 18.4. The van der Waals surface area contributed by atoms with Crippen LogP contribution in [0, 0.1) is 5.92 Å². The molecular formula is C24H30Cl2N4O2. The molecular weight excluding hydrogens is 447 g/mol. The minimum absolute atomic E-state index is 0.0285. The van der Waals surface area contributed by atoms with Gasteiger partial charge in [-0.25, -0.2) is 4.98 Å². The lowest BCUT2D eigenvalue weighted by atomic mass is 9.96. The number of hydrogen-bond acceptors (Lipinski definition) is 5. The highest BCUT2D eigenvalue weighted by Crippen LogP contribution is 2.27. The maximum Gasteiger partial charge on any atom is 0.263 e. The van der Waals surface area contributed by atoms with Gasteiger partial charge in [0.2, 0.25) is 0 Å². The van der Waals surface area contributed by atoms with Gasteiger partial charge in [-0.3, -0.25) is 9.69 Å². The van der Waals surface area contributed by atoms with Crippen LogP contribution in [0.25, 0.3) is 0 Å². The van der Waals surface area contributed by atoms with Crippen LogP contribution in [0.15, 0.2) is 42.6 Å². The number of hydrogen-bond donors (Lipinski definition) is 0. The Morgan fingerprint density at radius 1 is 1.12 bits per heavy atom. The molecule has 8 heteroatoms. The predicted molar refractivity (Wildman–Crippen MR) is 129 cm³/mol. The Hall–Kier alpha value is -2.02. The summed E-state index contributed by atoms with van der Waals surface area (Å²) in [7, 11) is 0. The fourth-order valence-electron chi connectivity index (χ4n) is 4.54. The van der Waals surface area contributed by atoms with Crippen LogP contribution in [-0.2, 0) is 4.79 Å². The monoisotopic (exact) mass is 476 g/mol. The van der Waals surface area contributed by atoms with Crippen molar-refractivity contribution in [1.29, 1.82) is 0 Å². The first-order valence-corrected chi connectivity index (χ1v) is 12.0. The third-order valence-corrected chi connectivity index (χ3v) is 6.98. The van der Waals surface area contributed by atoms with Crippen LogP contribution < -0.4 is 9.64 Å². The van der Waals surface area contributed by atoms with Crippen molar-refractivity contribution in [2.45, 2.75) is 25.9 Å². The first kappa shape index (κ1) is 23.1. The van der Waals surface area contributed by atoms with Crippen molar-refractivity contribution in [3.63, 3.8) is 0 Å². The summed E-state index contributed by atoms with van der Waals surface area (Å²) in [5.41, 5.74) is 0. The maximum atomic E-state index is 13.0. The highest BCUT2D eigenvalue weighted by Gasteiger charge is 2.29. The minimum atomic E-state index is -0.562. The molecule has 4 rings (SSSR count). The van der Waals surface area contributed by atoms with Crippen LogP contribution >= 0.6 is 23.2 Å². The van der Waals surface area contributed by atoms with Crippen LogP contribution in [-0.4, -0.2) is 72.6 Å². The molecule has 32 heavy (non-hydrogen) atoms. The number of halogens is 2. The van der Waals surface area contributed by atoms with Crippen molar-refractivity contribution in [2.24, 2.45) is 5.92 Å². The number of benzene rings is 1. The minimum Gasteiger partial charge on any atom is -0.481 e. The Morgan fingerprint density at radius 2 is 1.94 bits per heavy atom. The van der Waals surface area contributed by atoms with E-state index in [4.69, 9.17) is 27.9 Å². The number of piperidine rings is 1. The van der Waals surface area contributed by atoms with Crippen LogP contribution in [0.4, 0.5) is 5.82 Å². The van der Waals surface area contributed by atoms with Crippen molar-refractivity contribution in [1.82, 2.24) is 14.8 Å². The van der Waals surface area contributed by atoms with Gasteiger partial charge in [0.1, 0.15) is 11.6 Å². The summed E-state index contributed by atoms with van der Waals surface area (Å²) in [6.07, 6.45) is 3.48. The van der Waals surface area contributed by atoms with E-state index in [2.05, 4.69) is 20.9 Å². The number of piperazine rings is 1. The molecule has 2 saturated heterocycles. The molecule has 3 heterocycles. The summed E-state index contributed by atoms with van der Waals surface area (Å²) in [5.74, 6) is 2.13. The smallest absolute Gasteiger partial charge is 0.263 e. The van der Waals surface area contributed by atoms with Crippen LogP contribution in [0.2, 0.25) is 10.0 Å². The standard InChI is InChI=1S/C24H30Cl2N4O2/c1-18(32-20-7-8-21(25)22(26)15-20)24(31)30-10-4-5-19(17-30)16-28-11-13-29(14-12-28)23-6-2-3-9-27-23/h2-3,6-9,15,18-19H,4-5,10-14,16-17H2,1H3. The second-order valence-corrected chi connectivity index (χ2v) is 9.42. The Kier molecular flexibility index (Phi) is 7.76. The van der Waals surface area contributed by atoms with Crippen molar-refractivity contribution >= 4 is 34.9 Å². The van der Waals surface area contributed by atoms with Gasteiger partial charge in [-0.2, -0.15) is 0 Å². The van der Waals surface area contributed by atoms with Gasteiger partial charge in [0.15, 0.2) is 6.10 Å². The zero-order valence-corrected chi connectivity index (χ0v) is 19.9. The summed E-state index contributed by atoms with van der Waals surface area (Å²) in [5, 5.41) is 0.891. The molecule has 172 valence electrons. The molecule has 1 aromatic carbocycles. The Labute approximate surface area is 200 Å². The third kappa shape index (κ3) is 5.85. The number of likely N-dealkylation sites (tertiary alicyclic amines) is 1. The molecule has 0 aliphatic carbocycles. The molecule has 0 spiro atoms.